The Morgan fingerprint density at radius 1 is 1.53 bits per heavy atom. The molecule has 1 atom stereocenters. The molecule has 1 amide bonds. The molecule has 1 aliphatic heterocycles. The number of esters is 1. The normalized spacial score (nSPS) is 18.9. The quantitative estimate of drug-likeness (QED) is 0.800. The molecule has 0 spiro atoms. The summed E-state index contributed by atoms with van der Waals surface area (Å²) in [5, 5.41) is 2.68. The van der Waals surface area contributed by atoms with Gasteiger partial charge in [0, 0.05) is 12.0 Å². The molecule has 90 valence electrons. The number of hydrogen-bond acceptors (Lipinski definition) is 3. The van der Waals surface area contributed by atoms with Crippen molar-refractivity contribution in [3.63, 3.8) is 0 Å². The lowest BCUT2D eigenvalue weighted by molar-refractivity contribution is -0.139. The number of benzene rings is 1. The van der Waals surface area contributed by atoms with Crippen LogP contribution in [0.3, 0.4) is 0 Å². The van der Waals surface area contributed by atoms with Gasteiger partial charge >= 0.3 is 5.97 Å². The molecule has 1 aliphatic rings. The van der Waals surface area contributed by atoms with Gasteiger partial charge in [0.15, 0.2) is 0 Å². The fourth-order valence-electron chi connectivity index (χ4n) is 1.80. The summed E-state index contributed by atoms with van der Waals surface area (Å²) in [6, 6.07) is 6.92. The predicted molar refractivity (Wildman–Crippen MR) is 62.7 cm³/mol. The van der Waals surface area contributed by atoms with E-state index in [1.807, 2.05) is 25.1 Å². The Labute approximate surface area is 100.0 Å². The first-order chi connectivity index (χ1) is 8.20. The number of hydrogen-bond donors (Lipinski definition) is 1. The highest BCUT2D eigenvalue weighted by Crippen LogP contribution is 2.09. The summed E-state index contributed by atoms with van der Waals surface area (Å²) in [4.78, 5) is 23.1. The Kier molecular flexibility index (Phi) is 3.42. The Hall–Kier alpha value is -1.84. The summed E-state index contributed by atoms with van der Waals surface area (Å²) in [5.74, 6) is -0.561. The SMILES string of the molecule is CCc1cccc(C(=O)N[C@H]2CCOC2=O)c1. The number of rotatable bonds is 3. The van der Waals surface area contributed by atoms with Gasteiger partial charge in [0.05, 0.1) is 6.61 Å². The number of amides is 1. The number of cyclic esters (lactones) is 1. The molecule has 0 aliphatic carbocycles. The van der Waals surface area contributed by atoms with Crippen LogP contribution in [0.2, 0.25) is 0 Å². The van der Waals surface area contributed by atoms with Gasteiger partial charge in [-0.1, -0.05) is 19.1 Å². The molecule has 17 heavy (non-hydrogen) atoms. The summed E-state index contributed by atoms with van der Waals surface area (Å²) in [6.07, 6.45) is 1.44. The minimum absolute atomic E-state index is 0.218. The van der Waals surface area contributed by atoms with Crippen LogP contribution in [0.4, 0.5) is 0 Å². The van der Waals surface area contributed by atoms with E-state index >= 15 is 0 Å². The van der Waals surface area contributed by atoms with Crippen molar-refractivity contribution in [3.8, 4) is 0 Å². The maximum atomic E-state index is 11.9. The van der Waals surface area contributed by atoms with Gasteiger partial charge in [0.25, 0.3) is 5.91 Å². The molecule has 0 radical (unpaired) electrons. The van der Waals surface area contributed by atoms with Crippen molar-refractivity contribution in [1.29, 1.82) is 0 Å². The second-order valence-electron chi connectivity index (χ2n) is 4.04. The van der Waals surface area contributed by atoms with Gasteiger partial charge in [-0.15, -0.1) is 0 Å². The van der Waals surface area contributed by atoms with Gasteiger partial charge < -0.3 is 10.1 Å². The molecule has 0 saturated carbocycles. The number of nitrogens with one attached hydrogen (secondary N) is 1. The fourth-order valence-corrected chi connectivity index (χ4v) is 1.80. The molecule has 0 unspecified atom stereocenters. The largest absolute Gasteiger partial charge is 0.464 e. The Morgan fingerprint density at radius 3 is 3.00 bits per heavy atom. The van der Waals surface area contributed by atoms with Crippen LogP contribution in [0, 0.1) is 0 Å². The molecule has 0 aromatic heterocycles. The molecule has 4 nitrogen and oxygen atoms in total. The minimum atomic E-state index is -0.493. The number of ether oxygens (including phenoxy) is 1. The third-order valence-electron chi connectivity index (χ3n) is 2.84. The highest BCUT2D eigenvalue weighted by molar-refractivity contribution is 5.97. The standard InChI is InChI=1S/C13H15NO3/c1-2-9-4-3-5-10(8-9)12(15)14-11-6-7-17-13(11)16/h3-5,8,11H,2,6-7H2,1H3,(H,14,15)/t11-/m0/s1. The zero-order valence-electron chi connectivity index (χ0n) is 9.73. The van der Waals surface area contributed by atoms with Crippen molar-refractivity contribution in [2.24, 2.45) is 0 Å². The van der Waals surface area contributed by atoms with E-state index in [4.69, 9.17) is 4.74 Å². The maximum absolute atomic E-state index is 11.9. The fraction of sp³-hybridized carbons (Fsp3) is 0.385. The molecule has 1 heterocycles. The van der Waals surface area contributed by atoms with Crippen molar-refractivity contribution >= 4 is 11.9 Å². The average molecular weight is 233 g/mol. The monoisotopic (exact) mass is 233 g/mol. The zero-order chi connectivity index (χ0) is 12.3. The highest BCUT2D eigenvalue weighted by Gasteiger charge is 2.28. The lowest BCUT2D eigenvalue weighted by Crippen LogP contribution is -2.37. The van der Waals surface area contributed by atoms with Crippen LogP contribution in [0.15, 0.2) is 24.3 Å². The molecule has 2 rings (SSSR count). The first kappa shape index (κ1) is 11.6. The molecule has 4 heteroatoms. The van der Waals surface area contributed by atoms with Crippen LogP contribution >= 0.6 is 0 Å². The molecule has 1 N–H and O–H groups in total. The van der Waals surface area contributed by atoms with E-state index < -0.39 is 6.04 Å². The van der Waals surface area contributed by atoms with Crippen LogP contribution in [-0.4, -0.2) is 24.5 Å². The van der Waals surface area contributed by atoms with Crippen molar-refractivity contribution in [1.82, 2.24) is 5.32 Å². The first-order valence-corrected chi connectivity index (χ1v) is 5.77. The molecule has 0 bridgehead atoms. The number of carbonyl (C=O) groups excluding carboxylic acids is 2. The first-order valence-electron chi connectivity index (χ1n) is 5.77. The summed E-state index contributed by atoms with van der Waals surface area (Å²) < 4.78 is 4.79. The van der Waals surface area contributed by atoms with Gasteiger partial charge in [-0.05, 0) is 24.1 Å². The molecular weight excluding hydrogens is 218 g/mol. The van der Waals surface area contributed by atoms with Crippen LogP contribution in [0.1, 0.15) is 29.3 Å². The van der Waals surface area contributed by atoms with Gasteiger partial charge in [0.1, 0.15) is 6.04 Å². The molecule has 1 aromatic rings. The summed E-state index contributed by atoms with van der Waals surface area (Å²) in [5.41, 5.74) is 1.69. The third-order valence-corrected chi connectivity index (χ3v) is 2.84. The number of carbonyl (C=O) groups is 2. The van der Waals surface area contributed by atoms with E-state index in [1.54, 1.807) is 6.07 Å². The van der Waals surface area contributed by atoms with Crippen molar-refractivity contribution in [2.75, 3.05) is 6.61 Å². The highest BCUT2D eigenvalue weighted by atomic mass is 16.5. The smallest absolute Gasteiger partial charge is 0.328 e. The van der Waals surface area contributed by atoms with Gasteiger partial charge in [-0.2, -0.15) is 0 Å². The minimum Gasteiger partial charge on any atom is -0.464 e. The molecule has 1 saturated heterocycles. The lowest BCUT2D eigenvalue weighted by atomic mass is 10.1. The van der Waals surface area contributed by atoms with Crippen LogP contribution in [-0.2, 0) is 16.0 Å². The maximum Gasteiger partial charge on any atom is 0.328 e. The van der Waals surface area contributed by atoms with Gasteiger partial charge in [0.2, 0.25) is 0 Å². The van der Waals surface area contributed by atoms with Crippen molar-refractivity contribution < 1.29 is 14.3 Å². The van der Waals surface area contributed by atoms with E-state index in [2.05, 4.69) is 5.32 Å². The summed E-state index contributed by atoms with van der Waals surface area (Å²) in [7, 11) is 0. The topological polar surface area (TPSA) is 55.4 Å². The summed E-state index contributed by atoms with van der Waals surface area (Å²) in [6.45, 7) is 2.42. The van der Waals surface area contributed by atoms with Gasteiger partial charge in [-0.3, -0.25) is 4.79 Å². The van der Waals surface area contributed by atoms with E-state index in [9.17, 15) is 9.59 Å². The van der Waals surface area contributed by atoms with Crippen LogP contribution in [0.5, 0.6) is 0 Å². The van der Waals surface area contributed by atoms with Crippen LogP contribution < -0.4 is 5.32 Å². The second-order valence-corrected chi connectivity index (χ2v) is 4.04. The molecule has 1 fully saturated rings. The molecule has 1 aromatic carbocycles. The summed E-state index contributed by atoms with van der Waals surface area (Å²) >= 11 is 0. The second kappa shape index (κ2) is 4.99. The number of aryl methyl sites for hydroxylation is 1. The van der Waals surface area contributed by atoms with E-state index in [-0.39, 0.29) is 11.9 Å². The average Bonchev–Trinajstić information content (AvgIpc) is 2.75. The Balaban J connectivity index is 2.06. The molecular formula is C13H15NO3. The van der Waals surface area contributed by atoms with Crippen molar-refractivity contribution in [2.45, 2.75) is 25.8 Å². The third kappa shape index (κ3) is 2.64. The van der Waals surface area contributed by atoms with E-state index in [1.165, 1.54) is 0 Å². The Bertz CT molecular complexity index is 442. The van der Waals surface area contributed by atoms with E-state index in [0.717, 1.165) is 12.0 Å². The van der Waals surface area contributed by atoms with E-state index in [0.29, 0.717) is 18.6 Å². The predicted octanol–water partition coefficient (Wildman–Crippen LogP) is 1.29. The van der Waals surface area contributed by atoms with Crippen molar-refractivity contribution in [3.05, 3.63) is 35.4 Å². The van der Waals surface area contributed by atoms with Gasteiger partial charge in [-0.25, -0.2) is 4.79 Å². The Morgan fingerprint density at radius 2 is 2.35 bits per heavy atom. The van der Waals surface area contributed by atoms with Crippen LogP contribution in [0.25, 0.3) is 0 Å². The zero-order valence-corrected chi connectivity index (χ0v) is 9.73. The lowest BCUT2D eigenvalue weighted by Gasteiger charge is -2.09.